The summed E-state index contributed by atoms with van der Waals surface area (Å²) in [5.41, 5.74) is 2.44. The largest absolute Gasteiger partial charge is 0.492 e. The minimum atomic E-state index is -0.729. The van der Waals surface area contributed by atoms with Crippen molar-refractivity contribution in [3.8, 4) is 5.75 Å². The van der Waals surface area contributed by atoms with E-state index in [1.54, 1.807) is 24.1 Å². The molecule has 1 spiro atoms. The molecule has 2 heterocycles. The van der Waals surface area contributed by atoms with Crippen molar-refractivity contribution in [1.29, 1.82) is 0 Å². The van der Waals surface area contributed by atoms with E-state index in [1.165, 1.54) is 7.11 Å². The highest BCUT2D eigenvalue weighted by Crippen LogP contribution is 2.46. The zero-order chi connectivity index (χ0) is 16.9. The van der Waals surface area contributed by atoms with Crippen LogP contribution in [-0.2, 0) is 21.4 Å². The van der Waals surface area contributed by atoms with Gasteiger partial charge in [-0.15, -0.1) is 0 Å². The van der Waals surface area contributed by atoms with E-state index in [9.17, 15) is 9.59 Å². The van der Waals surface area contributed by atoms with Gasteiger partial charge >= 0.3 is 5.97 Å². The Morgan fingerprint density at radius 3 is 2.83 bits per heavy atom. The lowest BCUT2D eigenvalue weighted by Crippen LogP contribution is -2.51. The van der Waals surface area contributed by atoms with Gasteiger partial charge in [0.1, 0.15) is 17.8 Å². The number of ether oxygens (including phenoxy) is 2. The van der Waals surface area contributed by atoms with Crippen LogP contribution in [0.3, 0.4) is 0 Å². The van der Waals surface area contributed by atoms with Gasteiger partial charge in [0.25, 0.3) is 0 Å². The fourth-order valence-electron chi connectivity index (χ4n) is 3.72. The Kier molecular flexibility index (Phi) is 3.13. The summed E-state index contributed by atoms with van der Waals surface area (Å²) in [5, 5.41) is 0. The van der Waals surface area contributed by atoms with Crippen molar-refractivity contribution in [3.63, 3.8) is 0 Å². The molecule has 5 nitrogen and oxygen atoms in total. The molecular weight excluding hydrogens is 306 g/mol. The molecule has 1 unspecified atom stereocenters. The minimum Gasteiger partial charge on any atom is -0.492 e. The molecule has 1 amide bonds. The van der Waals surface area contributed by atoms with Crippen molar-refractivity contribution in [3.05, 3.63) is 59.2 Å². The monoisotopic (exact) mass is 323 g/mol. The van der Waals surface area contributed by atoms with E-state index < -0.39 is 5.41 Å². The second kappa shape index (κ2) is 5.09. The first-order valence-electron chi connectivity index (χ1n) is 7.78. The van der Waals surface area contributed by atoms with Crippen LogP contribution >= 0.6 is 0 Å². The summed E-state index contributed by atoms with van der Waals surface area (Å²) in [6.45, 7) is 0.317. The average Bonchev–Trinajstić information content (AvgIpc) is 2.98. The number of carbonyl (C=O) groups is 2. The van der Waals surface area contributed by atoms with Crippen molar-refractivity contribution >= 4 is 17.6 Å². The van der Waals surface area contributed by atoms with Crippen LogP contribution in [0.15, 0.2) is 42.5 Å². The second-order valence-corrected chi connectivity index (χ2v) is 6.24. The van der Waals surface area contributed by atoms with Crippen molar-refractivity contribution in [2.24, 2.45) is 0 Å². The molecule has 2 aromatic carbocycles. The first kappa shape index (κ1) is 14.8. The number of fused-ring (bicyclic) bond motifs is 3. The number of hydrogen-bond donors (Lipinski definition) is 0. The molecule has 0 aliphatic carbocycles. The number of methoxy groups -OCH3 is 1. The molecule has 122 valence electrons. The van der Waals surface area contributed by atoms with E-state index in [2.05, 4.69) is 0 Å². The van der Waals surface area contributed by atoms with Gasteiger partial charge in [0.15, 0.2) is 0 Å². The third-order valence-corrected chi connectivity index (χ3v) is 4.94. The lowest BCUT2D eigenvalue weighted by atomic mass is 9.73. The first-order chi connectivity index (χ1) is 11.6. The fourth-order valence-corrected chi connectivity index (χ4v) is 3.72. The van der Waals surface area contributed by atoms with Crippen LogP contribution in [-0.4, -0.2) is 32.6 Å². The van der Waals surface area contributed by atoms with Crippen LogP contribution in [0.25, 0.3) is 0 Å². The fraction of sp³-hybridized carbons (Fsp3) is 0.263. The lowest BCUT2D eigenvalue weighted by Gasteiger charge is -2.38. The standard InChI is InChI=1S/C19H17NO4/c1-20-15-8-7-12(17(21)23-2)9-13(15)10-19(18(20)22)11-24-16-6-4-3-5-14(16)19/h3-9H,10-11H2,1-2H3. The Hall–Kier alpha value is -2.82. The molecule has 2 aliphatic heterocycles. The maximum Gasteiger partial charge on any atom is 0.337 e. The Bertz CT molecular complexity index is 860. The summed E-state index contributed by atoms with van der Waals surface area (Å²) in [7, 11) is 3.13. The number of para-hydroxylation sites is 1. The predicted octanol–water partition coefficient (Wildman–Crippen LogP) is 2.32. The Morgan fingerprint density at radius 2 is 2.04 bits per heavy atom. The molecule has 5 heteroatoms. The first-order valence-corrected chi connectivity index (χ1v) is 7.78. The van der Waals surface area contributed by atoms with E-state index in [4.69, 9.17) is 9.47 Å². The maximum atomic E-state index is 13.1. The lowest BCUT2D eigenvalue weighted by molar-refractivity contribution is -0.124. The van der Waals surface area contributed by atoms with Crippen LogP contribution < -0.4 is 9.64 Å². The number of likely N-dealkylation sites (N-methyl/N-ethyl adjacent to an activating group) is 1. The van der Waals surface area contributed by atoms with E-state index in [1.807, 2.05) is 30.3 Å². The topological polar surface area (TPSA) is 55.8 Å². The minimum absolute atomic E-state index is 0.0192. The average molecular weight is 323 g/mol. The molecule has 0 fully saturated rings. The molecule has 2 aromatic rings. The molecule has 0 radical (unpaired) electrons. The zero-order valence-corrected chi connectivity index (χ0v) is 13.5. The van der Waals surface area contributed by atoms with E-state index >= 15 is 0 Å². The molecule has 0 bridgehead atoms. The van der Waals surface area contributed by atoms with E-state index in [-0.39, 0.29) is 11.9 Å². The predicted molar refractivity (Wildman–Crippen MR) is 88.5 cm³/mol. The SMILES string of the molecule is COC(=O)c1ccc2c(c1)CC1(COc3ccccc31)C(=O)N2C. The van der Waals surface area contributed by atoms with Gasteiger partial charge in [0, 0.05) is 18.3 Å². The van der Waals surface area contributed by atoms with Crippen LogP contribution in [0.5, 0.6) is 5.75 Å². The quantitative estimate of drug-likeness (QED) is 0.756. The van der Waals surface area contributed by atoms with Gasteiger partial charge in [-0.2, -0.15) is 0 Å². The zero-order valence-electron chi connectivity index (χ0n) is 13.5. The van der Waals surface area contributed by atoms with Crippen molar-refractivity contribution < 1.29 is 19.1 Å². The number of benzene rings is 2. The summed E-state index contributed by atoms with van der Waals surface area (Å²) in [6.07, 6.45) is 0.507. The van der Waals surface area contributed by atoms with Gasteiger partial charge in [-0.3, -0.25) is 4.79 Å². The molecule has 0 saturated heterocycles. The van der Waals surface area contributed by atoms with E-state index in [0.717, 1.165) is 22.6 Å². The highest BCUT2D eigenvalue weighted by Gasteiger charge is 2.51. The number of hydrogen-bond acceptors (Lipinski definition) is 4. The summed E-state index contributed by atoms with van der Waals surface area (Å²) in [5.74, 6) is 0.395. The number of nitrogens with zero attached hydrogens (tertiary/aromatic N) is 1. The molecule has 0 N–H and O–H groups in total. The molecule has 0 aromatic heterocycles. The third-order valence-electron chi connectivity index (χ3n) is 4.94. The molecule has 2 aliphatic rings. The maximum absolute atomic E-state index is 13.1. The smallest absolute Gasteiger partial charge is 0.337 e. The summed E-state index contributed by atoms with van der Waals surface area (Å²) < 4.78 is 10.6. The third kappa shape index (κ3) is 1.87. The van der Waals surface area contributed by atoms with Crippen LogP contribution in [0, 0.1) is 0 Å². The summed E-state index contributed by atoms with van der Waals surface area (Å²) in [4.78, 5) is 26.6. The Balaban J connectivity index is 1.85. The molecule has 0 saturated carbocycles. The van der Waals surface area contributed by atoms with E-state index in [0.29, 0.717) is 18.6 Å². The van der Waals surface area contributed by atoms with Crippen LogP contribution in [0.1, 0.15) is 21.5 Å². The van der Waals surface area contributed by atoms with Crippen molar-refractivity contribution in [2.45, 2.75) is 11.8 Å². The van der Waals surface area contributed by atoms with Gasteiger partial charge in [0.2, 0.25) is 5.91 Å². The van der Waals surface area contributed by atoms with Gasteiger partial charge in [-0.05, 0) is 36.2 Å². The summed E-state index contributed by atoms with van der Waals surface area (Å²) in [6, 6.07) is 13.0. The number of anilines is 1. The van der Waals surface area contributed by atoms with Gasteiger partial charge < -0.3 is 14.4 Å². The molecular formula is C19H17NO4. The van der Waals surface area contributed by atoms with Gasteiger partial charge in [0.05, 0.1) is 12.7 Å². The highest BCUT2D eigenvalue weighted by atomic mass is 16.5. The molecule has 4 rings (SSSR count). The van der Waals surface area contributed by atoms with Gasteiger partial charge in [-0.25, -0.2) is 4.79 Å². The highest BCUT2D eigenvalue weighted by molar-refractivity contribution is 6.05. The number of esters is 1. The van der Waals surface area contributed by atoms with Crippen LogP contribution in [0.2, 0.25) is 0 Å². The van der Waals surface area contributed by atoms with Crippen molar-refractivity contribution in [2.75, 3.05) is 25.7 Å². The normalized spacial score (nSPS) is 21.2. The van der Waals surface area contributed by atoms with Crippen molar-refractivity contribution in [1.82, 2.24) is 0 Å². The van der Waals surface area contributed by atoms with Gasteiger partial charge in [-0.1, -0.05) is 18.2 Å². The number of carbonyl (C=O) groups excluding carboxylic acids is 2. The molecule has 1 atom stereocenters. The molecule has 24 heavy (non-hydrogen) atoms. The Morgan fingerprint density at radius 1 is 1.25 bits per heavy atom. The number of rotatable bonds is 1. The van der Waals surface area contributed by atoms with Crippen LogP contribution in [0.4, 0.5) is 5.69 Å². The Labute approximate surface area is 139 Å². The second-order valence-electron chi connectivity index (χ2n) is 6.24. The summed E-state index contributed by atoms with van der Waals surface area (Å²) >= 11 is 0. The number of amides is 1.